The lowest BCUT2D eigenvalue weighted by Gasteiger charge is -2.29. The molecule has 2 unspecified atom stereocenters. The Labute approximate surface area is 113 Å². The minimum atomic E-state index is -0.826. The summed E-state index contributed by atoms with van der Waals surface area (Å²) < 4.78 is 0. The van der Waals surface area contributed by atoms with Gasteiger partial charge in [-0.15, -0.1) is 0 Å². The van der Waals surface area contributed by atoms with Crippen molar-refractivity contribution < 1.29 is 14.7 Å². The van der Waals surface area contributed by atoms with E-state index >= 15 is 0 Å². The number of hydrogen-bond acceptors (Lipinski definition) is 3. The average molecular weight is 268 g/mol. The van der Waals surface area contributed by atoms with Crippen LogP contribution in [0.2, 0.25) is 0 Å². The molecule has 0 bridgehead atoms. The van der Waals surface area contributed by atoms with Gasteiger partial charge in [0.15, 0.2) is 0 Å². The Morgan fingerprint density at radius 1 is 1.26 bits per heavy atom. The summed E-state index contributed by atoms with van der Waals surface area (Å²) >= 11 is 0. The first-order valence-electron chi connectivity index (χ1n) is 7.17. The molecule has 19 heavy (non-hydrogen) atoms. The smallest absolute Gasteiger partial charge is 0.311 e. The summed E-state index contributed by atoms with van der Waals surface area (Å²) in [6, 6.07) is -0.262. The molecule has 0 aromatic carbocycles. The lowest BCUT2D eigenvalue weighted by atomic mass is 9.84. The molecule has 0 saturated heterocycles. The molecule has 2 fully saturated rings. The van der Waals surface area contributed by atoms with Gasteiger partial charge in [0, 0.05) is 18.0 Å². The van der Waals surface area contributed by atoms with Crippen molar-refractivity contribution in [2.24, 2.45) is 11.1 Å². The first kappa shape index (κ1) is 14.3. The average Bonchev–Trinajstić information content (AvgIpc) is 2.87. The molecule has 2 atom stereocenters. The Balaban J connectivity index is 1.93. The molecule has 5 heteroatoms. The van der Waals surface area contributed by atoms with Crippen LogP contribution < -0.4 is 11.1 Å². The van der Waals surface area contributed by atoms with Gasteiger partial charge in [0.05, 0.1) is 5.41 Å². The van der Waals surface area contributed by atoms with Gasteiger partial charge >= 0.3 is 5.97 Å². The Morgan fingerprint density at radius 3 is 2.47 bits per heavy atom. The van der Waals surface area contributed by atoms with Gasteiger partial charge in [0.25, 0.3) is 0 Å². The normalized spacial score (nSPS) is 33.3. The number of carboxylic acid groups (broad SMARTS) is 1. The van der Waals surface area contributed by atoms with Gasteiger partial charge in [-0.3, -0.25) is 9.59 Å². The van der Waals surface area contributed by atoms with Gasteiger partial charge in [-0.1, -0.05) is 19.3 Å². The van der Waals surface area contributed by atoms with E-state index < -0.39 is 11.4 Å². The summed E-state index contributed by atoms with van der Waals surface area (Å²) in [5.74, 6) is -0.914. The Hall–Kier alpha value is -1.10. The maximum absolute atomic E-state index is 12.1. The second-order valence-electron chi connectivity index (χ2n) is 6.48. The van der Waals surface area contributed by atoms with Crippen LogP contribution in [0.4, 0.5) is 0 Å². The number of nitrogens with two attached hydrogens (primary N) is 1. The van der Waals surface area contributed by atoms with Crippen LogP contribution in [0, 0.1) is 5.41 Å². The summed E-state index contributed by atoms with van der Waals surface area (Å²) in [5, 5.41) is 12.2. The molecule has 0 radical (unpaired) electrons. The van der Waals surface area contributed by atoms with Gasteiger partial charge in [-0.25, -0.2) is 0 Å². The first-order chi connectivity index (χ1) is 8.86. The van der Waals surface area contributed by atoms with Crippen molar-refractivity contribution in [1.82, 2.24) is 5.32 Å². The topological polar surface area (TPSA) is 92.4 Å². The van der Waals surface area contributed by atoms with E-state index in [1.54, 1.807) is 6.92 Å². The van der Waals surface area contributed by atoms with Gasteiger partial charge in [0.1, 0.15) is 0 Å². The number of aliphatic carboxylic acids is 1. The van der Waals surface area contributed by atoms with Gasteiger partial charge < -0.3 is 16.2 Å². The minimum Gasteiger partial charge on any atom is -0.481 e. The molecule has 0 spiro atoms. The highest BCUT2D eigenvalue weighted by Crippen LogP contribution is 2.38. The van der Waals surface area contributed by atoms with Gasteiger partial charge in [-0.05, 0) is 32.6 Å². The van der Waals surface area contributed by atoms with Crippen molar-refractivity contribution >= 4 is 11.9 Å². The standard InChI is InChI=1S/C14H24N2O3/c1-13(12(18)19)6-4-5-10(13)16-11(17)9-14(15)7-2-3-8-14/h10H,2-9,15H2,1H3,(H,16,17)(H,18,19). The van der Waals surface area contributed by atoms with E-state index in [-0.39, 0.29) is 17.5 Å². The highest BCUT2D eigenvalue weighted by atomic mass is 16.4. The van der Waals surface area contributed by atoms with Crippen LogP contribution in [0.1, 0.15) is 58.3 Å². The summed E-state index contributed by atoms with van der Waals surface area (Å²) in [4.78, 5) is 23.4. The van der Waals surface area contributed by atoms with E-state index in [4.69, 9.17) is 5.73 Å². The third kappa shape index (κ3) is 2.91. The lowest BCUT2D eigenvalue weighted by molar-refractivity contribution is -0.149. The second-order valence-corrected chi connectivity index (χ2v) is 6.48. The second kappa shape index (κ2) is 5.12. The molecule has 1 amide bonds. The third-order valence-corrected chi connectivity index (χ3v) is 4.89. The van der Waals surface area contributed by atoms with E-state index in [9.17, 15) is 14.7 Å². The summed E-state index contributed by atoms with van der Waals surface area (Å²) in [7, 11) is 0. The largest absolute Gasteiger partial charge is 0.481 e. The maximum Gasteiger partial charge on any atom is 0.311 e. The van der Waals surface area contributed by atoms with Crippen LogP contribution >= 0.6 is 0 Å². The van der Waals surface area contributed by atoms with E-state index in [0.29, 0.717) is 12.8 Å². The van der Waals surface area contributed by atoms with Crippen LogP contribution in [-0.4, -0.2) is 28.6 Å². The van der Waals surface area contributed by atoms with Crippen LogP contribution in [0.3, 0.4) is 0 Å². The predicted molar refractivity (Wildman–Crippen MR) is 71.5 cm³/mol. The Bertz CT molecular complexity index is 377. The molecule has 0 aromatic heterocycles. The van der Waals surface area contributed by atoms with Gasteiger partial charge in [0.2, 0.25) is 5.91 Å². The number of carbonyl (C=O) groups excluding carboxylic acids is 1. The highest BCUT2D eigenvalue weighted by Gasteiger charge is 2.46. The van der Waals surface area contributed by atoms with Crippen molar-refractivity contribution in [2.45, 2.75) is 69.9 Å². The highest BCUT2D eigenvalue weighted by molar-refractivity contribution is 5.80. The number of carboxylic acids is 1. The molecule has 0 heterocycles. The maximum atomic E-state index is 12.1. The monoisotopic (exact) mass is 268 g/mol. The fourth-order valence-electron chi connectivity index (χ4n) is 3.47. The lowest BCUT2D eigenvalue weighted by Crippen LogP contribution is -2.50. The molecular formula is C14H24N2O3. The fraction of sp³-hybridized carbons (Fsp3) is 0.857. The fourth-order valence-corrected chi connectivity index (χ4v) is 3.47. The van der Waals surface area contributed by atoms with E-state index in [1.165, 1.54) is 0 Å². The van der Waals surface area contributed by atoms with E-state index in [1.807, 2.05) is 0 Å². The number of carbonyl (C=O) groups is 2. The van der Waals surface area contributed by atoms with Crippen molar-refractivity contribution in [3.8, 4) is 0 Å². The molecular weight excluding hydrogens is 244 g/mol. The van der Waals surface area contributed by atoms with Crippen molar-refractivity contribution in [3.63, 3.8) is 0 Å². The van der Waals surface area contributed by atoms with Crippen molar-refractivity contribution in [1.29, 1.82) is 0 Å². The molecule has 0 aliphatic heterocycles. The molecule has 2 rings (SSSR count). The SMILES string of the molecule is CC1(C(=O)O)CCCC1NC(=O)CC1(N)CCCC1. The molecule has 0 aromatic rings. The zero-order valence-electron chi connectivity index (χ0n) is 11.6. The summed E-state index contributed by atoms with van der Waals surface area (Å²) in [5.41, 5.74) is 4.99. The van der Waals surface area contributed by atoms with E-state index in [0.717, 1.165) is 38.5 Å². The van der Waals surface area contributed by atoms with Gasteiger partial charge in [-0.2, -0.15) is 0 Å². The number of amides is 1. The molecule has 2 aliphatic rings. The zero-order chi connectivity index (χ0) is 14.1. The van der Waals surface area contributed by atoms with Crippen LogP contribution in [-0.2, 0) is 9.59 Å². The number of hydrogen-bond donors (Lipinski definition) is 3. The minimum absolute atomic E-state index is 0.0937. The molecule has 5 nitrogen and oxygen atoms in total. The number of rotatable bonds is 4. The zero-order valence-corrected chi connectivity index (χ0v) is 11.6. The third-order valence-electron chi connectivity index (χ3n) is 4.89. The molecule has 108 valence electrons. The van der Waals surface area contributed by atoms with Crippen LogP contribution in [0.25, 0.3) is 0 Å². The molecule has 4 N–H and O–H groups in total. The first-order valence-corrected chi connectivity index (χ1v) is 7.17. The summed E-state index contributed by atoms with van der Waals surface area (Å²) in [6.07, 6.45) is 6.48. The number of nitrogens with one attached hydrogen (secondary N) is 1. The van der Waals surface area contributed by atoms with Crippen LogP contribution in [0.15, 0.2) is 0 Å². The molecule has 2 saturated carbocycles. The predicted octanol–water partition coefficient (Wildman–Crippen LogP) is 1.41. The van der Waals surface area contributed by atoms with E-state index in [2.05, 4.69) is 5.32 Å². The van der Waals surface area contributed by atoms with Crippen LogP contribution in [0.5, 0.6) is 0 Å². The van der Waals surface area contributed by atoms with Crippen molar-refractivity contribution in [2.75, 3.05) is 0 Å². The Kier molecular flexibility index (Phi) is 3.85. The quantitative estimate of drug-likeness (QED) is 0.718. The van der Waals surface area contributed by atoms with Crippen molar-refractivity contribution in [3.05, 3.63) is 0 Å². The summed E-state index contributed by atoms with van der Waals surface area (Å²) in [6.45, 7) is 1.72. The Morgan fingerprint density at radius 2 is 1.89 bits per heavy atom. The molecule has 2 aliphatic carbocycles.